The van der Waals surface area contributed by atoms with Gasteiger partial charge in [0.05, 0.1) is 26.5 Å². The molecule has 0 saturated heterocycles. The van der Waals surface area contributed by atoms with Crippen LogP contribution >= 0.6 is 0 Å². The molecule has 1 saturated carbocycles. The van der Waals surface area contributed by atoms with E-state index in [4.69, 9.17) is 19.3 Å². The van der Waals surface area contributed by atoms with Crippen molar-refractivity contribution in [1.29, 1.82) is 0 Å². The van der Waals surface area contributed by atoms with E-state index in [2.05, 4.69) is 0 Å². The second-order valence-electron chi connectivity index (χ2n) is 9.33. The highest BCUT2D eigenvalue weighted by Crippen LogP contribution is 2.39. The van der Waals surface area contributed by atoms with E-state index in [0.717, 1.165) is 53.8 Å². The van der Waals surface area contributed by atoms with Crippen molar-refractivity contribution < 1.29 is 19.0 Å². The van der Waals surface area contributed by atoms with Crippen molar-refractivity contribution in [1.82, 2.24) is 5.01 Å². The number of benzene rings is 3. The second-order valence-corrected chi connectivity index (χ2v) is 9.33. The second kappa shape index (κ2) is 10.9. The minimum Gasteiger partial charge on any atom is -0.493 e. The van der Waals surface area contributed by atoms with E-state index in [1.165, 1.54) is 0 Å². The number of hydrazone groups is 1. The Morgan fingerprint density at radius 1 is 0.833 bits per heavy atom. The molecule has 1 amide bonds. The predicted molar refractivity (Wildman–Crippen MR) is 139 cm³/mol. The van der Waals surface area contributed by atoms with Crippen molar-refractivity contribution in [3.63, 3.8) is 0 Å². The van der Waals surface area contributed by atoms with Crippen LogP contribution in [0.2, 0.25) is 0 Å². The summed E-state index contributed by atoms with van der Waals surface area (Å²) in [5.74, 6) is 2.26. The minimum atomic E-state index is -0.0586. The number of para-hydroxylation sites is 1. The number of methoxy groups -OCH3 is 2. The Bertz CT molecular complexity index is 1240. The number of ether oxygens (including phenoxy) is 3. The van der Waals surface area contributed by atoms with Gasteiger partial charge in [0.25, 0.3) is 0 Å². The average Bonchev–Trinajstić information content (AvgIpc) is 2.94. The summed E-state index contributed by atoms with van der Waals surface area (Å²) in [5, 5.41) is 6.59. The Balaban J connectivity index is 1.45. The molecule has 0 spiro atoms. The quantitative estimate of drug-likeness (QED) is 0.403. The molecule has 1 fully saturated rings. The zero-order valence-electron chi connectivity index (χ0n) is 20.9. The molecule has 1 heterocycles. The molecule has 0 N–H and O–H groups in total. The van der Waals surface area contributed by atoms with Gasteiger partial charge in [0, 0.05) is 23.0 Å². The fourth-order valence-corrected chi connectivity index (χ4v) is 5.25. The number of rotatable bonds is 8. The largest absolute Gasteiger partial charge is 0.493 e. The van der Waals surface area contributed by atoms with Crippen LogP contribution in [0, 0.1) is 11.8 Å². The molecule has 36 heavy (non-hydrogen) atoms. The number of carbonyl (C=O) groups is 1. The summed E-state index contributed by atoms with van der Waals surface area (Å²) in [5.41, 5.74) is 3.95. The molecule has 2 atom stereocenters. The van der Waals surface area contributed by atoms with Crippen molar-refractivity contribution in [3.8, 4) is 17.2 Å². The molecule has 0 bridgehead atoms. The topological polar surface area (TPSA) is 60.4 Å². The lowest BCUT2D eigenvalue weighted by Gasteiger charge is -2.38. The van der Waals surface area contributed by atoms with E-state index in [1.54, 1.807) is 19.2 Å². The van der Waals surface area contributed by atoms with Crippen molar-refractivity contribution in [2.24, 2.45) is 16.9 Å². The Morgan fingerprint density at radius 3 is 2.33 bits per heavy atom. The standard InChI is InChI=1S/C30H32N2O4/c1-34-27-17-16-22(18-28(27)35-2)29-24-13-7-8-14-25(24)30(33)32(31-29)19-23-12-6-9-15-26(23)36-20-21-10-4-3-5-11-21/h3-6,9-12,15-18,24-25H,7-8,13-14,19-20H2,1-2H3/t24-,25+/m1/s1. The van der Waals surface area contributed by atoms with Gasteiger partial charge in [-0.1, -0.05) is 61.4 Å². The number of amides is 1. The highest BCUT2D eigenvalue weighted by atomic mass is 16.5. The molecule has 1 aliphatic carbocycles. The number of nitrogens with zero attached hydrogens (tertiary/aromatic N) is 2. The normalized spacial score (nSPS) is 19.3. The predicted octanol–water partition coefficient (Wildman–Crippen LogP) is 5.84. The number of carbonyl (C=O) groups excluding carboxylic acids is 1. The van der Waals surface area contributed by atoms with Crippen LogP contribution in [0.15, 0.2) is 77.9 Å². The van der Waals surface area contributed by atoms with E-state index < -0.39 is 0 Å². The highest BCUT2D eigenvalue weighted by molar-refractivity contribution is 6.07. The summed E-state index contributed by atoms with van der Waals surface area (Å²) in [7, 11) is 3.26. The van der Waals surface area contributed by atoms with E-state index in [1.807, 2.05) is 72.8 Å². The zero-order valence-corrected chi connectivity index (χ0v) is 20.9. The number of fused-ring (bicyclic) bond motifs is 1. The molecule has 2 aliphatic rings. The lowest BCUT2D eigenvalue weighted by molar-refractivity contribution is -0.139. The van der Waals surface area contributed by atoms with Crippen molar-refractivity contribution in [3.05, 3.63) is 89.5 Å². The van der Waals surface area contributed by atoms with Crippen molar-refractivity contribution in [2.75, 3.05) is 14.2 Å². The molecule has 3 aromatic rings. The van der Waals surface area contributed by atoms with Gasteiger partial charge in [0.15, 0.2) is 11.5 Å². The Labute approximate surface area is 212 Å². The molecule has 6 heteroatoms. The number of hydrogen-bond acceptors (Lipinski definition) is 5. The van der Waals surface area contributed by atoms with Gasteiger partial charge in [-0.3, -0.25) is 4.79 Å². The van der Waals surface area contributed by atoms with Crippen molar-refractivity contribution in [2.45, 2.75) is 38.8 Å². The Morgan fingerprint density at radius 2 is 1.56 bits per heavy atom. The van der Waals surface area contributed by atoms with Crippen LogP contribution in [0.25, 0.3) is 0 Å². The Hall–Kier alpha value is -3.80. The van der Waals surface area contributed by atoms with E-state index >= 15 is 0 Å². The molecule has 0 unspecified atom stereocenters. The first-order chi connectivity index (χ1) is 17.7. The van der Waals surface area contributed by atoms with Gasteiger partial charge in [-0.25, -0.2) is 5.01 Å². The fourth-order valence-electron chi connectivity index (χ4n) is 5.25. The third kappa shape index (κ3) is 4.94. The maximum atomic E-state index is 13.6. The summed E-state index contributed by atoms with van der Waals surface area (Å²) in [6, 6.07) is 23.8. The first-order valence-corrected chi connectivity index (χ1v) is 12.5. The first kappa shape index (κ1) is 23.9. The summed E-state index contributed by atoms with van der Waals surface area (Å²) >= 11 is 0. The maximum Gasteiger partial charge on any atom is 0.246 e. The van der Waals surface area contributed by atoms with E-state index in [9.17, 15) is 4.79 Å². The van der Waals surface area contributed by atoms with Crippen LogP contribution in [0.1, 0.15) is 42.4 Å². The van der Waals surface area contributed by atoms with Gasteiger partial charge in [0.1, 0.15) is 12.4 Å². The third-order valence-electron chi connectivity index (χ3n) is 7.13. The van der Waals surface area contributed by atoms with Gasteiger partial charge < -0.3 is 14.2 Å². The summed E-state index contributed by atoms with van der Waals surface area (Å²) < 4.78 is 17.1. The first-order valence-electron chi connectivity index (χ1n) is 12.5. The molecule has 186 valence electrons. The molecule has 0 radical (unpaired) electrons. The summed E-state index contributed by atoms with van der Waals surface area (Å²) in [4.78, 5) is 13.6. The van der Waals surface area contributed by atoms with Crippen LogP contribution in [0.5, 0.6) is 17.2 Å². The molecule has 3 aromatic carbocycles. The Kier molecular flexibility index (Phi) is 7.21. The van der Waals surface area contributed by atoms with Gasteiger partial charge in [0.2, 0.25) is 5.91 Å². The summed E-state index contributed by atoms with van der Waals surface area (Å²) in [6.07, 6.45) is 4.03. The smallest absolute Gasteiger partial charge is 0.246 e. The van der Waals surface area contributed by atoms with Gasteiger partial charge in [-0.15, -0.1) is 0 Å². The third-order valence-corrected chi connectivity index (χ3v) is 7.13. The number of hydrogen-bond donors (Lipinski definition) is 0. The van der Waals surface area contributed by atoms with Crippen LogP contribution in [0.3, 0.4) is 0 Å². The molecule has 6 nitrogen and oxygen atoms in total. The van der Waals surface area contributed by atoms with Crippen LogP contribution in [-0.2, 0) is 17.9 Å². The van der Waals surface area contributed by atoms with E-state index in [0.29, 0.717) is 24.7 Å². The maximum absolute atomic E-state index is 13.6. The minimum absolute atomic E-state index is 0.0586. The fraction of sp³-hybridized carbons (Fsp3) is 0.333. The molecule has 1 aliphatic heterocycles. The van der Waals surface area contributed by atoms with Gasteiger partial charge in [-0.05, 0) is 42.7 Å². The van der Waals surface area contributed by atoms with Crippen LogP contribution in [-0.4, -0.2) is 30.8 Å². The molecular formula is C30H32N2O4. The van der Waals surface area contributed by atoms with Crippen LogP contribution in [0.4, 0.5) is 0 Å². The zero-order chi connectivity index (χ0) is 24.9. The van der Waals surface area contributed by atoms with Gasteiger partial charge >= 0.3 is 0 Å². The molecular weight excluding hydrogens is 452 g/mol. The highest BCUT2D eigenvalue weighted by Gasteiger charge is 2.41. The lowest BCUT2D eigenvalue weighted by Crippen LogP contribution is -2.45. The molecule has 5 rings (SSSR count). The average molecular weight is 485 g/mol. The van der Waals surface area contributed by atoms with E-state index in [-0.39, 0.29) is 17.7 Å². The van der Waals surface area contributed by atoms with Crippen molar-refractivity contribution >= 4 is 11.6 Å². The SMILES string of the molecule is COc1ccc(C2=NN(Cc3ccccc3OCc3ccccc3)C(=O)[C@H]3CCCC[C@@H]23)cc1OC. The monoisotopic (exact) mass is 484 g/mol. The van der Waals surface area contributed by atoms with Gasteiger partial charge in [-0.2, -0.15) is 5.10 Å². The van der Waals surface area contributed by atoms with Crippen LogP contribution < -0.4 is 14.2 Å². The molecule has 0 aromatic heterocycles. The lowest BCUT2D eigenvalue weighted by atomic mass is 9.73. The summed E-state index contributed by atoms with van der Waals surface area (Å²) in [6.45, 7) is 0.834.